The van der Waals surface area contributed by atoms with Gasteiger partial charge in [-0.1, -0.05) is 77.4 Å². The maximum absolute atomic E-state index is 13.6. The van der Waals surface area contributed by atoms with E-state index in [2.05, 4.69) is 86.3 Å². The summed E-state index contributed by atoms with van der Waals surface area (Å²) in [6.07, 6.45) is -1.18. The highest BCUT2D eigenvalue weighted by atomic mass is 35.5. The summed E-state index contributed by atoms with van der Waals surface area (Å²) in [4.78, 5) is 92.1. The quantitative estimate of drug-likeness (QED) is 0.0902. The van der Waals surface area contributed by atoms with Crippen LogP contribution in [0.4, 0.5) is 21.0 Å². The zero-order valence-corrected chi connectivity index (χ0v) is 38.4. The lowest BCUT2D eigenvalue weighted by Gasteiger charge is -2.31. The van der Waals surface area contributed by atoms with Crippen LogP contribution in [0.3, 0.4) is 0 Å². The van der Waals surface area contributed by atoms with Crippen molar-refractivity contribution in [2.45, 2.75) is 106 Å². The number of carbonyl (C=O) groups is 4. The monoisotopic (exact) mass is 879 g/mol. The molecule has 3 rings (SSSR count). The van der Waals surface area contributed by atoms with Gasteiger partial charge >= 0.3 is 30.5 Å². The molecular weight excluding hydrogens is 822 g/mol. The minimum absolute atomic E-state index is 0.00923. The second-order valence-corrected chi connectivity index (χ2v) is 18.4. The number of hydrogen-bond acceptors (Lipinski definition) is 13. The maximum Gasteiger partial charge on any atom is 0.414 e. The third-order valence-electron chi connectivity index (χ3n) is 7.70. The Balaban J connectivity index is 0.00000302. The van der Waals surface area contributed by atoms with E-state index in [4.69, 9.17) is 45.0 Å². The number of nitrogens with zero attached hydrogens (tertiary/aromatic N) is 3. The molecule has 0 aliphatic rings. The topological polar surface area (TPSA) is 207 Å². The smallest absolute Gasteiger partial charge is 0.414 e. The predicted octanol–water partition coefficient (Wildman–Crippen LogP) is 8.24. The Kier molecular flexibility index (Phi) is 20.6. The first kappa shape index (κ1) is 53.8. The molecule has 0 aliphatic carbocycles. The molecule has 0 bridgehead atoms. The molecule has 0 saturated carbocycles. The Hall–Kier alpha value is -6.18. The SMILES string of the molecule is CN(C(=O)CN(Cc1cccc(C(C)(C)C)c1)CC(C)(C)C)c1ccc(OC(=O)c2ccc(N=C(NC(=O)OC(C)(C)C)NC(=O)OC(C)(C)C)cc2)cc1Cl.O=C=O.O=C=O. The normalized spacial score (nSPS) is 11.1. The van der Waals surface area contributed by atoms with E-state index in [0.717, 1.165) is 5.56 Å². The third-order valence-corrected chi connectivity index (χ3v) is 8.01. The van der Waals surface area contributed by atoms with E-state index in [1.54, 1.807) is 60.7 Å². The molecule has 0 aromatic heterocycles. The number of rotatable bonds is 9. The van der Waals surface area contributed by atoms with Gasteiger partial charge in [-0.3, -0.25) is 20.3 Å². The number of ether oxygens (including phenoxy) is 3. The molecule has 2 N–H and O–H groups in total. The average Bonchev–Trinajstić information content (AvgIpc) is 3.09. The van der Waals surface area contributed by atoms with Crippen LogP contribution in [0.2, 0.25) is 5.02 Å². The number of likely N-dealkylation sites (N-methyl/N-ethyl adjacent to an activating group) is 1. The van der Waals surface area contributed by atoms with E-state index in [-0.39, 0.29) is 57.9 Å². The minimum Gasteiger partial charge on any atom is -0.444 e. The molecule has 17 heteroatoms. The number of hydrogen-bond donors (Lipinski definition) is 2. The number of benzene rings is 3. The van der Waals surface area contributed by atoms with Crippen molar-refractivity contribution in [3.63, 3.8) is 0 Å². The van der Waals surface area contributed by atoms with Gasteiger partial charge in [-0.15, -0.1) is 0 Å². The Bertz CT molecular complexity index is 2050. The van der Waals surface area contributed by atoms with Crippen LogP contribution in [-0.2, 0) is 45.4 Å². The molecule has 3 amide bonds. The highest BCUT2D eigenvalue weighted by molar-refractivity contribution is 6.34. The van der Waals surface area contributed by atoms with Crippen LogP contribution in [-0.4, -0.2) is 78.6 Å². The first-order chi connectivity index (χ1) is 28.5. The van der Waals surface area contributed by atoms with E-state index in [1.807, 2.05) is 0 Å². The molecule has 336 valence electrons. The Morgan fingerprint density at radius 2 is 1.24 bits per heavy atom. The van der Waals surface area contributed by atoms with Crippen LogP contribution in [0.1, 0.15) is 105 Å². The van der Waals surface area contributed by atoms with Gasteiger partial charge in [0.05, 0.1) is 28.5 Å². The molecule has 16 nitrogen and oxygen atoms in total. The number of halogens is 1. The van der Waals surface area contributed by atoms with Gasteiger partial charge in [-0.05, 0) is 99.9 Å². The van der Waals surface area contributed by atoms with Gasteiger partial charge in [0.15, 0.2) is 0 Å². The Morgan fingerprint density at radius 3 is 1.69 bits per heavy atom. The third kappa shape index (κ3) is 21.4. The standard InChI is InChI=1S/C43H58ClN5O7.2CO2/c1-40(2,3)27-49(25-28-15-14-16-30(23-28)41(4,5)6)26-35(50)48(13)34-22-21-32(24-33(34)44)54-36(51)29-17-19-31(20-18-29)45-37(46-38(52)55-42(7,8)9)47-39(53)56-43(10,11)12;2*2-1-3/h14-24H,25-27H2,1-13H3,(H2,45,46,47,52,53);;. The van der Waals surface area contributed by atoms with Crippen molar-refractivity contribution in [1.29, 1.82) is 0 Å². The Morgan fingerprint density at radius 1 is 0.726 bits per heavy atom. The van der Waals surface area contributed by atoms with Crippen LogP contribution >= 0.6 is 11.6 Å². The second-order valence-electron chi connectivity index (χ2n) is 18.0. The van der Waals surface area contributed by atoms with Crippen molar-refractivity contribution in [2.75, 3.05) is 25.0 Å². The second kappa shape index (κ2) is 23.7. The highest BCUT2D eigenvalue weighted by Gasteiger charge is 2.25. The van der Waals surface area contributed by atoms with Gasteiger partial charge in [0, 0.05) is 26.2 Å². The molecule has 0 spiro atoms. The number of carbonyl (C=O) groups excluding carboxylic acids is 8. The lowest BCUT2D eigenvalue weighted by atomic mass is 9.86. The van der Waals surface area contributed by atoms with Gasteiger partial charge < -0.3 is 19.1 Å². The summed E-state index contributed by atoms with van der Waals surface area (Å²) >= 11 is 6.65. The summed E-state index contributed by atoms with van der Waals surface area (Å²) < 4.78 is 16.2. The molecule has 0 radical (unpaired) electrons. The van der Waals surface area contributed by atoms with Crippen molar-refractivity contribution in [3.05, 3.63) is 88.4 Å². The summed E-state index contributed by atoms with van der Waals surface area (Å²) in [5.41, 5.74) is 1.71. The van der Waals surface area contributed by atoms with E-state index in [0.29, 0.717) is 24.5 Å². The first-order valence-electron chi connectivity index (χ1n) is 19.3. The number of amides is 3. The molecule has 0 atom stereocenters. The van der Waals surface area contributed by atoms with Crippen molar-refractivity contribution in [1.82, 2.24) is 15.5 Å². The zero-order valence-electron chi connectivity index (χ0n) is 37.7. The van der Waals surface area contributed by atoms with Crippen LogP contribution in [0, 0.1) is 5.41 Å². The fraction of sp³-hybridized carbons (Fsp3) is 0.444. The molecule has 0 fully saturated rings. The molecule has 0 heterocycles. The minimum atomic E-state index is -0.840. The molecular formula is C45H58ClN5O11. The number of anilines is 1. The van der Waals surface area contributed by atoms with Gasteiger partial charge in [0.2, 0.25) is 11.9 Å². The van der Waals surface area contributed by atoms with E-state index in [1.165, 1.54) is 40.8 Å². The molecule has 0 aliphatic heterocycles. The van der Waals surface area contributed by atoms with E-state index >= 15 is 0 Å². The lowest BCUT2D eigenvalue weighted by Crippen LogP contribution is -2.47. The Labute approximate surface area is 368 Å². The van der Waals surface area contributed by atoms with Crippen molar-refractivity contribution in [2.24, 2.45) is 10.4 Å². The predicted molar refractivity (Wildman–Crippen MR) is 232 cm³/mol. The van der Waals surface area contributed by atoms with Crippen LogP contribution in [0.25, 0.3) is 0 Å². The molecule has 62 heavy (non-hydrogen) atoms. The summed E-state index contributed by atoms with van der Waals surface area (Å²) in [5, 5.41) is 5.06. The van der Waals surface area contributed by atoms with E-state index in [9.17, 15) is 19.2 Å². The van der Waals surface area contributed by atoms with Crippen molar-refractivity contribution < 1.29 is 52.6 Å². The number of aliphatic imine (C=N–C) groups is 1. The van der Waals surface area contributed by atoms with Crippen molar-refractivity contribution >= 4 is 65.3 Å². The van der Waals surface area contributed by atoms with Crippen LogP contribution in [0.5, 0.6) is 5.75 Å². The van der Waals surface area contributed by atoms with Gasteiger partial charge in [0.1, 0.15) is 17.0 Å². The fourth-order valence-corrected chi connectivity index (χ4v) is 5.64. The number of nitrogens with one attached hydrogen (secondary N) is 2. The summed E-state index contributed by atoms with van der Waals surface area (Å²) in [5.74, 6) is -0.859. The largest absolute Gasteiger partial charge is 0.444 e. The van der Waals surface area contributed by atoms with E-state index < -0.39 is 29.4 Å². The lowest BCUT2D eigenvalue weighted by molar-refractivity contribution is -0.193. The first-order valence-corrected chi connectivity index (χ1v) is 19.7. The van der Waals surface area contributed by atoms with Crippen LogP contribution < -0.4 is 20.3 Å². The maximum atomic E-state index is 13.6. The summed E-state index contributed by atoms with van der Waals surface area (Å²) in [6, 6.07) is 19.2. The zero-order chi connectivity index (χ0) is 47.6. The number of esters is 1. The van der Waals surface area contributed by atoms with Crippen LogP contribution in [0.15, 0.2) is 71.7 Å². The summed E-state index contributed by atoms with van der Waals surface area (Å²) in [7, 11) is 1.67. The van der Waals surface area contributed by atoms with Gasteiger partial charge in [0.25, 0.3) is 0 Å². The number of alkyl carbamates (subject to hydrolysis) is 2. The molecule has 3 aromatic carbocycles. The van der Waals surface area contributed by atoms with Crippen molar-refractivity contribution in [3.8, 4) is 5.75 Å². The molecule has 3 aromatic rings. The summed E-state index contributed by atoms with van der Waals surface area (Å²) in [6.45, 7) is 24.7. The average molecular weight is 880 g/mol. The molecule has 0 saturated heterocycles. The number of guanidine groups is 1. The molecule has 0 unspecified atom stereocenters. The van der Waals surface area contributed by atoms with Gasteiger partial charge in [-0.25, -0.2) is 19.4 Å². The highest BCUT2D eigenvalue weighted by Crippen LogP contribution is 2.31. The van der Waals surface area contributed by atoms with Gasteiger partial charge in [-0.2, -0.15) is 19.2 Å². The fourth-order valence-electron chi connectivity index (χ4n) is 5.34.